The van der Waals surface area contributed by atoms with E-state index in [9.17, 15) is 4.79 Å². The maximum absolute atomic E-state index is 11.2. The second kappa shape index (κ2) is 4.95. The molecule has 1 saturated heterocycles. The molecule has 0 spiro atoms. The van der Waals surface area contributed by atoms with Gasteiger partial charge in [-0.15, -0.1) is 0 Å². The Labute approximate surface area is 100 Å². The lowest BCUT2D eigenvalue weighted by Crippen LogP contribution is -2.58. The Morgan fingerprint density at radius 3 is 2.76 bits per heavy atom. The summed E-state index contributed by atoms with van der Waals surface area (Å²) in [6.45, 7) is 1.24. The zero-order valence-electron chi connectivity index (χ0n) is 9.97. The fraction of sp³-hybridized carbons (Fsp3) is 0.417. The summed E-state index contributed by atoms with van der Waals surface area (Å²) in [7, 11) is 3.24. The minimum atomic E-state index is -0.0597. The van der Waals surface area contributed by atoms with Crippen molar-refractivity contribution < 1.29 is 14.3 Å². The summed E-state index contributed by atoms with van der Waals surface area (Å²) >= 11 is 0. The summed E-state index contributed by atoms with van der Waals surface area (Å²) in [6, 6.07) is 7.40. The topological polar surface area (TPSA) is 50.8 Å². The van der Waals surface area contributed by atoms with Gasteiger partial charge in [0.2, 0.25) is 0 Å². The van der Waals surface area contributed by atoms with Gasteiger partial charge in [0.15, 0.2) is 0 Å². The standard InChI is InChI=1S/C12H16N2O3/c1-13-12(15)14-7-11(8-14)17-10-5-3-4-9(6-10)16-2/h3-6,11H,7-8H2,1-2H3,(H,13,15). The largest absolute Gasteiger partial charge is 0.497 e. The molecule has 0 aliphatic carbocycles. The molecule has 0 saturated carbocycles. The first-order valence-corrected chi connectivity index (χ1v) is 5.50. The molecule has 92 valence electrons. The van der Waals surface area contributed by atoms with Crippen molar-refractivity contribution in [3.63, 3.8) is 0 Å². The number of likely N-dealkylation sites (tertiary alicyclic amines) is 1. The number of rotatable bonds is 3. The predicted octanol–water partition coefficient (Wildman–Crippen LogP) is 1.10. The average Bonchev–Trinajstić information content (AvgIpc) is 2.32. The Balaban J connectivity index is 1.85. The lowest BCUT2D eigenvalue weighted by Gasteiger charge is -2.38. The molecule has 1 fully saturated rings. The van der Waals surface area contributed by atoms with E-state index in [-0.39, 0.29) is 12.1 Å². The van der Waals surface area contributed by atoms with Gasteiger partial charge in [-0.2, -0.15) is 0 Å². The van der Waals surface area contributed by atoms with Gasteiger partial charge < -0.3 is 19.7 Å². The van der Waals surface area contributed by atoms with Gasteiger partial charge in [0.25, 0.3) is 0 Å². The summed E-state index contributed by atoms with van der Waals surface area (Å²) in [4.78, 5) is 12.9. The van der Waals surface area contributed by atoms with Crippen LogP contribution in [0.25, 0.3) is 0 Å². The van der Waals surface area contributed by atoms with Crippen LogP contribution in [0.2, 0.25) is 0 Å². The van der Waals surface area contributed by atoms with E-state index in [1.54, 1.807) is 19.1 Å². The highest BCUT2D eigenvalue weighted by atomic mass is 16.5. The SMILES string of the molecule is CNC(=O)N1CC(Oc2cccc(OC)c2)C1. The number of nitrogens with one attached hydrogen (secondary N) is 1. The Kier molecular flexibility index (Phi) is 3.37. The fourth-order valence-corrected chi connectivity index (χ4v) is 1.70. The van der Waals surface area contributed by atoms with Gasteiger partial charge in [-0.05, 0) is 12.1 Å². The van der Waals surface area contributed by atoms with E-state index < -0.39 is 0 Å². The minimum Gasteiger partial charge on any atom is -0.497 e. The molecule has 2 rings (SSSR count). The highest BCUT2D eigenvalue weighted by Crippen LogP contribution is 2.22. The van der Waals surface area contributed by atoms with Gasteiger partial charge in [-0.25, -0.2) is 4.79 Å². The van der Waals surface area contributed by atoms with E-state index in [1.165, 1.54) is 0 Å². The molecule has 0 unspecified atom stereocenters. The summed E-state index contributed by atoms with van der Waals surface area (Å²) in [5, 5.41) is 2.58. The zero-order chi connectivity index (χ0) is 12.3. The van der Waals surface area contributed by atoms with Crippen molar-refractivity contribution in [1.82, 2.24) is 10.2 Å². The number of nitrogens with zero attached hydrogens (tertiary/aromatic N) is 1. The second-order valence-electron chi connectivity index (χ2n) is 3.88. The maximum Gasteiger partial charge on any atom is 0.317 e. The van der Waals surface area contributed by atoms with Crippen molar-refractivity contribution in [2.45, 2.75) is 6.10 Å². The van der Waals surface area contributed by atoms with Crippen LogP contribution in [-0.4, -0.2) is 44.3 Å². The van der Waals surface area contributed by atoms with Gasteiger partial charge in [0.1, 0.15) is 17.6 Å². The van der Waals surface area contributed by atoms with Crippen LogP contribution in [0, 0.1) is 0 Å². The minimum absolute atomic E-state index is 0.0597. The van der Waals surface area contributed by atoms with Crippen LogP contribution < -0.4 is 14.8 Å². The molecular weight excluding hydrogens is 220 g/mol. The van der Waals surface area contributed by atoms with E-state index >= 15 is 0 Å². The molecule has 0 bridgehead atoms. The molecular formula is C12H16N2O3. The van der Waals surface area contributed by atoms with Crippen LogP contribution in [0.3, 0.4) is 0 Å². The van der Waals surface area contributed by atoms with Crippen molar-refractivity contribution in [2.24, 2.45) is 0 Å². The number of ether oxygens (including phenoxy) is 2. The third kappa shape index (κ3) is 2.61. The number of carbonyl (C=O) groups excluding carboxylic acids is 1. The highest BCUT2D eigenvalue weighted by molar-refractivity contribution is 5.74. The lowest BCUT2D eigenvalue weighted by atomic mass is 10.2. The molecule has 0 atom stereocenters. The first-order valence-electron chi connectivity index (χ1n) is 5.50. The van der Waals surface area contributed by atoms with Crippen molar-refractivity contribution in [3.05, 3.63) is 24.3 Å². The third-order valence-corrected chi connectivity index (χ3v) is 2.69. The van der Waals surface area contributed by atoms with Crippen molar-refractivity contribution in [1.29, 1.82) is 0 Å². The zero-order valence-corrected chi connectivity index (χ0v) is 9.97. The number of urea groups is 1. The predicted molar refractivity (Wildman–Crippen MR) is 63.4 cm³/mol. The van der Waals surface area contributed by atoms with E-state index in [0.717, 1.165) is 11.5 Å². The van der Waals surface area contributed by atoms with Gasteiger partial charge in [-0.1, -0.05) is 6.07 Å². The Bertz CT molecular complexity index is 402. The molecule has 1 heterocycles. The van der Waals surface area contributed by atoms with E-state index in [2.05, 4.69) is 5.32 Å². The maximum atomic E-state index is 11.2. The fourth-order valence-electron chi connectivity index (χ4n) is 1.70. The molecule has 1 N–H and O–H groups in total. The Hall–Kier alpha value is -1.91. The van der Waals surface area contributed by atoms with Crippen LogP contribution in [0.5, 0.6) is 11.5 Å². The number of methoxy groups -OCH3 is 1. The molecule has 0 radical (unpaired) electrons. The molecule has 1 aliphatic heterocycles. The van der Waals surface area contributed by atoms with Crippen LogP contribution in [-0.2, 0) is 0 Å². The first kappa shape index (κ1) is 11.6. The smallest absolute Gasteiger partial charge is 0.317 e. The molecule has 5 heteroatoms. The summed E-state index contributed by atoms with van der Waals surface area (Å²) in [5.74, 6) is 1.54. The van der Waals surface area contributed by atoms with E-state index in [0.29, 0.717) is 13.1 Å². The lowest BCUT2D eigenvalue weighted by molar-refractivity contribution is 0.0450. The number of carbonyl (C=O) groups is 1. The number of benzene rings is 1. The molecule has 2 amide bonds. The van der Waals surface area contributed by atoms with Crippen LogP contribution in [0.4, 0.5) is 4.79 Å². The number of hydrogen-bond acceptors (Lipinski definition) is 3. The normalized spacial score (nSPS) is 15.1. The van der Waals surface area contributed by atoms with Crippen molar-refractivity contribution in [2.75, 3.05) is 27.2 Å². The number of hydrogen-bond donors (Lipinski definition) is 1. The Morgan fingerprint density at radius 2 is 2.12 bits per heavy atom. The van der Waals surface area contributed by atoms with Crippen molar-refractivity contribution in [3.8, 4) is 11.5 Å². The molecule has 1 aromatic carbocycles. The molecule has 1 aromatic rings. The van der Waals surface area contributed by atoms with Gasteiger partial charge >= 0.3 is 6.03 Å². The van der Waals surface area contributed by atoms with E-state index in [4.69, 9.17) is 9.47 Å². The number of amides is 2. The quantitative estimate of drug-likeness (QED) is 0.855. The Morgan fingerprint density at radius 1 is 1.41 bits per heavy atom. The van der Waals surface area contributed by atoms with Crippen LogP contribution >= 0.6 is 0 Å². The van der Waals surface area contributed by atoms with Gasteiger partial charge in [-0.3, -0.25) is 0 Å². The first-order chi connectivity index (χ1) is 8.22. The van der Waals surface area contributed by atoms with E-state index in [1.807, 2.05) is 24.3 Å². The molecule has 5 nitrogen and oxygen atoms in total. The third-order valence-electron chi connectivity index (χ3n) is 2.69. The summed E-state index contributed by atoms with van der Waals surface area (Å²) < 4.78 is 10.8. The summed E-state index contributed by atoms with van der Waals surface area (Å²) in [6.07, 6.45) is 0.0689. The van der Waals surface area contributed by atoms with Crippen LogP contribution in [0.15, 0.2) is 24.3 Å². The average molecular weight is 236 g/mol. The molecule has 17 heavy (non-hydrogen) atoms. The molecule has 1 aliphatic rings. The highest BCUT2D eigenvalue weighted by Gasteiger charge is 2.31. The summed E-state index contributed by atoms with van der Waals surface area (Å²) in [5.41, 5.74) is 0. The second-order valence-corrected chi connectivity index (χ2v) is 3.88. The van der Waals surface area contributed by atoms with Crippen LogP contribution in [0.1, 0.15) is 0 Å². The molecule has 0 aromatic heterocycles. The van der Waals surface area contributed by atoms with Gasteiger partial charge in [0, 0.05) is 13.1 Å². The monoisotopic (exact) mass is 236 g/mol. The van der Waals surface area contributed by atoms with Gasteiger partial charge in [0.05, 0.1) is 20.2 Å². The van der Waals surface area contributed by atoms with Crippen molar-refractivity contribution >= 4 is 6.03 Å².